The molecule has 0 heterocycles. The van der Waals surface area contributed by atoms with Gasteiger partial charge in [-0.05, 0) is 42.7 Å². The van der Waals surface area contributed by atoms with Crippen molar-refractivity contribution in [1.29, 1.82) is 0 Å². The van der Waals surface area contributed by atoms with Crippen molar-refractivity contribution in [2.75, 3.05) is 11.9 Å². The summed E-state index contributed by atoms with van der Waals surface area (Å²) in [6, 6.07) is 12.0. The molecule has 1 fully saturated rings. The molecule has 0 bridgehead atoms. The Kier molecular flexibility index (Phi) is 5.23. The molecule has 0 radical (unpaired) electrons. The van der Waals surface area contributed by atoms with E-state index in [0.29, 0.717) is 28.6 Å². The summed E-state index contributed by atoms with van der Waals surface area (Å²) in [4.78, 5) is 24.4. The summed E-state index contributed by atoms with van der Waals surface area (Å²) < 4.78 is 5.20. The van der Waals surface area contributed by atoms with Gasteiger partial charge in [0.2, 0.25) is 0 Å². The van der Waals surface area contributed by atoms with Crippen LogP contribution in [0.3, 0.4) is 0 Å². The van der Waals surface area contributed by atoms with E-state index in [-0.39, 0.29) is 5.02 Å². The lowest BCUT2D eigenvalue weighted by Crippen LogP contribution is -2.28. The Bertz CT molecular complexity index is 817. The quantitative estimate of drug-likeness (QED) is 0.732. The zero-order valence-corrected chi connectivity index (χ0v) is 15.3. The van der Waals surface area contributed by atoms with E-state index in [1.807, 2.05) is 12.1 Å². The fourth-order valence-electron chi connectivity index (χ4n) is 2.56. The van der Waals surface area contributed by atoms with Crippen LogP contribution in [0.4, 0.5) is 5.69 Å². The van der Waals surface area contributed by atoms with Crippen molar-refractivity contribution in [3.05, 3.63) is 63.1 Å². The maximum atomic E-state index is 12.4. The van der Waals surface area contributed by atoms with Gasteiger partial charge in [0, 0.05) is 5.02 Å². The highest BCUT2D eigenvalue weighted by Crippen LogP contribution is 2.49. The van der Waals surface area contributed by atoms with Gasteiger partial charge in [0.05, 0.1) is 21.1 Å². The highest BCUT2D eigenvalue weighted by Gasteiger charge is 2.52. The van der Waals surface area contributed by atoms with Crippen LogP contribution in [-0.2, 0) is 19.7 Å². The first-order valence-corrected chi connectivity index (χ1v) is 8.73. The molecular weight excluding hydrogens is 385 g/mol. The fraction of sp³-hybridized carbons (Fsp3) is 0.222. The molecule has 1 aliphatic carbocycles. The Morgan fingerprint density at radius 2 is 1.72 bits per heavy atom. The van der Waals surface area contributed by atoms with Crippen LogP contribution in [-0.4, -0.2) is 18.5 Å². The van der Waals surface area contributed by atoms with Crippen LogP contribution in [0.5, 0.6) is 0 Å². The number of esters is 1. The van der Waals surface area contributed by atoms with Gasteiger partial charge in [-0.3, -0.25) is 9.59 Å². The minimum absolute atomic E-state index is 0.240. The van der Waals surface area contributed by atoms with Gasteiger partial charge in [-0.25, -0.2) is 0 Å². The maximum absolute atomic E-state index is 12.4. The van der Waals surface area contributed by atoms with E-state index in [2.05, 4.69) is 5.32 Å². The molecule has 4 nitrogen and oxygen atoms in total. The topological polar surface area (TPSA) is 55.4 Å². The van der Waals surface area contributed by atoms with Gasteiger partial charge in [0.1, 0.15) is 0 Å². The summed E-state index contributed by atoms with van der Waals surface area (Å²) in [6.07, 6.45) is 1.38. The van der Waals surface area contributed by atoms with Gasteiger partial charge in [0.15, 0.2) is 6.61 Å². The zero-order chi connectivity index (χ0) is 18.0. The molecule has 0 atom stereocenters. The van der Waals surface area contributed by atoms with E-state index < -0.39 is 23.9 Å². The number of anilines is 1. The first kappa shape index (κ1) is 18.1. The van der Waals surface area contributed by atoms with Crippen LogP contribution in [0, 0.1) is 0 Å². The Labute approximate surface area is 160 Å². The van der Waals surface area contributed by atoms with Gasteiger partial charge >= 0.3 is 5.97 Å². The Morgan fingerprint density at radius 3 is 2.36 bits per heavy atom. The molecule has 2 aromatic rings. The van der Waals surface area contributed by atoms with Crippen molar-refractivity contribution in [2.45, 2.75) is 18.3 Å². The number of benzene rings is 2. The highest BCUT2D eigenvalue weighted by atomic mass is 35.5. The number of rotatable bonds is 5. The molecule has 7 heteroatoms. The third-order valence-electron chi connectivity index (χ3n) is 4.10. The number of amides is 1. The highest BCUT2D eigenvalue weighted by molar-refractivity contribution is 6.44. The van der Waals surface area contributed by atoms with Crippen LogP contribution in [0.1, 0.15) is 18.4 Å². The lowest BCUT2D eigenvalue weighted by atomic mass is 9.96. The summed E-state index contributed by atoms with van der Waals surface area (Å²) in [5.74, 6) is -0.897. The average molecular weight is 399 g/mol. The van der Waals surface area contributed by atoms with Gasteiger partial charge in [0.25, 0.3) is 5.91 Å². The number of carbonyl (C=O) groups excluding carboxylic acids is 2. The molecule has 0 saturated heterocycles. The smallest absolute Gasteiger partial charge is 0.317 e. The molecular formula is C18H14Cl3NO3. The minimum atomic E-state index is -0.668. The van der Waals surface area contributed by atoms with Crippen LogP contribution in [0.15, 0.2) is 42.5 Å². The molecule has 1 saturated carbocycles. The first-order valence-electron chi connectivity index (χ1n) is 7.59. The van der Waals surface area contributed by atoms with Crippen molar-refractivity contribution in [1.82, 2.24) is 0 Å². The SMILES string of the molecule is O=C(COC(=O)C1(c2ccc(Cl)cc2)CC1)Nc1cccc(Cl)c1Cl. The maximum Gasteiger partial charge on any atom is 0.317 e. The number of halogens is 3. The van der Waals surface area contributed by atoms with Crippen molar-refractivity contribution >= 4 is 52.4 Å². The lowest BCUT2D eigenvalue weighted by Gasteiger charge is -2.15. The summed E-state index contributed by atoms with van der Waals surface area (Å²) in [6.45, 7) is -0.392. The van der Waals surface area contributed by atoms with Gasteiger partial charge < -0.3 is 10.1 Å². The summed E-state index contributed by atoms with van der Waals surface area (Å²) in [7, 11) is 0. The molecule has 1 amide bonds. The number of carbonyl (C=O) groups is 2. The predicted octanol–water partition coefficient (Wildman–Crippen LogP) is 4.86. The van der Waals surface area contributed by atoms with Crippen molar-refractivity contribution in [3.63, 3.8) is 0 Å². The van der Waals surface area contributed by atoms with E-state index in [9.17, 15) is 9.59 Å². The van der Waals surface area contributed by atoms with Crippen LogP contribution >= 0.6 is 34.8 Å². The van der Waals surface area contributed by atoms with E-state index in [0.717, 1.165) is 5.56 Å². The third kappa shape index (κ3) is 3.92. The first-order chi connectivity index (χ1) is 11.9. The molecule has 0 unspecified atom stereocenters. The van der Waals surface area contributed by atoms with Gasteiger partial charge in [-0.15, -0.1) is 0 Å². The van der Waals surface area contributed by atoms with E-state index >= 15 is 0 Å². The zero-order valence-electron chi connectivity index (χ0n) is 13.0. The van der Waals surface area contributed by atoms with Crippen molar-refractivity contribution in [2.24, 2.45) is 0 Å². The predicted molar refractivity (Wildman–Crippen MR) is 98.4 cm³/mol. The number of hydrogen-bond acceptors (Lipinski definition) is 3. The van der Waals surface area contributed by atoms with E-state index in [1.54, 1.807) is 30.3 Å². The average Bonchev–Trinajstić information content (AvgIpc) is 3.39. The second-order valence-corrected chi connectivity index (χ2v) is 7.04. The normalized spacial score (nSPS) is 14.7. The van der Waals surface area contributed by atoms with Crippen molar-refractivity contribution < 1.29 is 14.3 Å². The minimum Gasteiger partial charge on any atom is -0.455 e. The number of nitrogens with one attached hydrogen (secondary N) is 1. The fourth-order valence-corrected chi connectivity index (χ4v) is 3.03. The van der Waals surface area contributed by atoms with E-state index in [4.69, 9.17) is 39.5 Å². The molecule has 3 rings (SSSR count). The van der Waals surface area contributed by atoms with Crippen LogP contribution in [0.2, 0.25) is 15.1 Å². The number of hydrogen-bond donors (Lipinski definition) is 1. The van der Waals surface area contributed by atoms with E-state index in [1.165, 1.54) is 0 Å². The van der Waals surface area contributed by atoms with Gasteiger partial charge in [-0.2, -0.15) is 0 Å². The Hall–Kier alpha value is -1.75. The molecule has 0 spiro atoms. The Balaban J connectivity index is 1.59. The second kappa shape index (κ2) is 7.24. The molecule has 2 aromatic carbocycles. The van der Waals surface area contributed by atoms with Crippen LogP contribution < -0.4 is 5.32 Å². The largest absolute Gasteiger partial charge is 0.455 e. The lowest BCUT2D eigenvalue weighted by molar-refractivity contribution is -0.150. The third-order valence-corrected chi connectivity index (χ3v) is 5.17. The summed E-state index contributed by atoms with van der Waals surface area (Å²) in [5.41, 5.74) is 0.549. The van der Waals surface area contributed by atoms with Crippen LogP contribution in [0.25, 0.3) is 0 Å². The molecule has 1 aliphatic rings. The molecule has 1 N–H and O–H groups in total. The molecule has 25 heavy (non-hydrogen) atoms. The molecule has 0 aliphatic heterocycles. The standard InChI is InChI=1S/C18H14Cl3NO3/c19-12-6-4-11(5-7-12)18(8-9-18)17(24)25-10-15(23)22-14-3-1-2-13(20)16(14)21/h1-7H,8-10H2,(H,22,23). The van der Waals surface area contributed by atoms with Crippen molar-refractivity contribution in [3.8, 4) is 0 Å². The summed E-state index contributed by atoms with van der Waals surface area (Å²) in [5, 5.41) is 3.75. The molecule has 0 aromatic heterocycles. The second-order valence-electron chi connectivity index (χ2n) is 5.81. The number of ether oxygens (including phenoxy) is 1. The summed E-state index contributed by atoms with van der Waals surface area (Å²) >= 11 is 17.8. The van der Waals surface area contributed by atoms with Gasteiger partial charge in [-0.1, -0.05) is 53.0 Å². The monoisotopic (exact) mass is 397 g/mol. The Morgan fingerprint density at radius 1 is 1.04 bits per heavy atom. The molecule has 130 valence electrons.